The Bertz CT molecular complexity index is 668. The number of hydrogen-bond acceptors (Lipinski definition) is 5. The van der Waals surface area contributed by atoms with Gasteiger partial charge in [-0.15, -0.1) is 0 Å². The summed E-state index contributed by atoms with van der Waals surface area (Å²) in [7, 11) is 3.31. The highest BCUT2D eigenvalue weighted by Gasteiger charge is 2.15. The lowest BCUT2D eigenvalue weighted by atomic mass is 10.1. The number of aliphatic hydroxyl groups is 1. The number of para-hydroxylation sites is 1. The average molecular weight is 388 g/mol. The number of hydrogen-bond donors (Lipinski definition) is 1. The van der Waals surface area contributed by atoms with Crippen molar-refractivity contribution in [3.05, 3.63) is 54.1 Å². The Morgan fingerprint density at radius 1 is 0.929 bits per heavy atom. The fourth-order valence-corrected chi connectivity index (χ4v) is 2.95. The molecule has 0 aliphatic heterocycles. The first kappa shape index (κ1) is 22.1. The minimum absolute atomic E-state index is 0.267. The molecule has 0 aliphatic carbocycles. The second-order valence-electron chi connectivity index (χ2n) is 7.42. The molecular weight excluding hydrogens is 354 g/mol. The third kappa shape index (κ3) is 7.79. The largest absolute Gasteiger partial charge is 0.497 e. The van der Waals surface area contributed by atoms with Crippen molar-refractivity contribution >= 4 is 0 Å². The molecule has 1 N–H and O–H groups in total. The highest BCUT2D eigenvalue weighted by Crippen LogP contribution is 2.23. The molecule has 0 amide bonds. The molecule has 5 nitrogen and oxygen atoms in total. The number of nitrogens with zero attached hydrogens (tertiary/aromatic N) is 1. The van der Waals surface area contributed by atoms with E-state index in [0.29, 0.717) is 19.0 Å². The Morgan fingerprint density at radius 3 is 2.14 bits per heavy atom. The standard InChI is InChI=1S/C23H33NO4/c1-18(2)10-11-24(15-19-12-22(26-3)14-23(13-19)27-4)16-20(25)17-28-21-8-6-5-7-9-21/h5-9,12-14,18,20,25H,10-11,15-17H2,1-4H3/t20-/m0/s1. The topological polar surface area (TPSA) is 51.2 Å². The van der Waals surface area contributed by atoms with Crippen LogP contribution in [-0.4, -0.2) is 50.0 Å². The summed E-state index contributed by atoms with van der Waals surface area (Å²) >= 11 is 0. The molecule has 0 fully saturated rings. The Kier molecular flexibility index (Phi) is 9.11. The first-order valence-electron chi connectivity index (χ1n) is 9.80. The molecule has 2 rings (SSSR count). The summed E-state index contributed by atoms with van der Waals surface area (Å²) < 4.78 is 16.5. The van der Waals surface area contributed by atoms with Crippen molar-refractivity contribution in [2.24, 2.45) is 5.92 Å². The summed E-state index contributed by atoms with van der Waals surface area (Å²) in [5.41, 5.74) is 1.09. The highest BCUT2D eigenvalue weighted by molar-refractivity contribution is 5.38. The Balaban J connectivity index is 2.00. The van der Waals surface area contributed by atoms with Crippen LogP contribution in [0.3, 0.4) is 0 Å². The third-order valence-corrected chi connectivity index (χ3v) is 4.49. The van der Waals surface area contributed by atoms with Gasteiger partial charge in [-0.2, -0.15) is 0 Å². The van der Waals surface area contributed by atoms with Crippen molar-refractivity contribution in [1.29, 1.82) is 0 Å². The molecule has 0 saturated carbocycles. The zero-order valence-corrected chi connectivity index (χ0v) is 17.4. The molecule has 0 radical (unpaired) electrons. The van der Waals surface area contributed by atoms with E-state index in [-0.39, 0.29) is 6.61 Å². The van der Waals surface area contributed by atoms with Gasteiger partial charge < -0.3 is 19.3 Å². The van der Waals surface area contributed by atoms with E-state index in [0.717, 1.165) is 35.8 Å². The Labute approximate surface area is 168 Å². The zero-order valence-electron chi connectivity index (χ0n) is 17.4. The molecule has 0 saturated heterocycles. The molecule has 0 aliphatic rings. The molecule has 0 heterocycles. The molecule has 28 heavy (non-hydrogen) atoms. The van der Waals surface area contributed by atoms with E-state index in [9.17, 15) is 5.11 Å². The van der Waals surface area contributed by atoms with Crippen LogP contribution in [0.25, 0.3) is 0 Å². The molecule has 0 bridgehead atoms. The van der Waals surface area contributed by atoms with Gasteiger partial charge in [-0.25, -0.2) is 0 Å². The van der Waals surface area contributed by atoms with E-state index in [1.807, 2.05) is 48.5 Å². The van der Waals surface area contributed by atoms with Gasteiger partial charge >= 0.3 is 0 Å². The van der Waals surface area contributed by atoms with Gasteiger partial charge in [-0.1, -0.05) is 32.0 Å². The lowest BCUT2D eigenvalue weighted by molar-refractivity contribution is 0.0639. The maximum absolute atomic E-state index is 10.5. The zero-order chi connectivity index (χ0) is 20.4. The van der Waals surface area contributed by atoms with Gasteiger partial charge in [0.2, 0.25) is 0 Å². The van der Waals surface area contributed by atoms with Gasteiger partial charge in [0.1, 0.15) is 30.0 Å². The van der Waals surface area contributed by atoms with Gasteiger partial charge in [0, 0.05) is 19.2 Å². The number of aliphatic hydroxyl groups excluding tert-OH is 1. The maximum atomic E-state index is 10.5. The van der Waals surface area contributed by atoms with Crippen molar-refractivity contribution in [3.63, 3.8) is 0 Å². The van der Waals surface area contributed by atoms with Gasteiger partial charge in [0.25, 0.3) is 0 Å². The SMILES string of the molecule is COc1cc(CN(CCC(C)C)C[C@H](O)COc2ccccc2)cc(OC)c1. The van der Waals surface area contributed by atoms with E-state index < -0.39 is 6.10 Å². The monoisotopic (exact) mass is 387 g/mol. The molecule has 154 valence electrons. The second-order valence-corrected chi connectivity index (χ2v) is 7.42. The maximum Gasteiger partial charge on any atom is 0.122 e. The van der Waals surface area contributed by atoms with Crippen molar-refractivity contribution in [2.75, 3.05) is 33.9 Å². The molecular formula is C23H33NO4. The fraction of sp³-hybridized carbons (Fsp3) is 0.478. The first-order chi connectivity index (χ1) is 13.5. The summed E-state index contributed by atoms with van der Waals surface area (Å²) in [5, 5.41) is 10.5. The number of methoxy groups -OCH3 is 2. The van der Waals surface area contributed by atoms with Crippen molar-refractivity contribution in [2.45, 2.75) is 32.9 Å². The van der Waals surface area contributed by atoms with E-state index in [1.54, 1.807) is 14.2 Å². The van der Waals surface area contributed by atoms with E-state index in [1.165, 1.54) is 0 Å². The molecule has 0 spiro atoms. The molecule has 0 unspecified atom stereocenters. The number of benzene rings is 2. The van der Waals surface area contributed by atoms with Crippen molar-refractivity contribution in [3.8, 4) is 17.2 Å². The summed E-state index contributed by atoms with van der Waals surface area (Å²) in [6.45, 7) is 6.84. The van der Waals surface area contributed by atoms with Gasteiger partial charge in [0.15, 0.2) is 0 Å². The van der Waals surface area contributed by atoms with Crippen LogP contribution in [0, 0.1) is 5.92 Å². The normalized spacial score (nSPS) is 12.2. The number of rotatable bonds is 12. The van der Waals surface area contributed by atoms with Crippen LogP contribution in [-0.2, 0) is 6.54 Å². The van der Waals surface area contributed by atoms with Crippen LogP contribution in [0.1, 0.15) is 25.8 Å². The average Bonchev–Trinajstić information content (AvgIpc) is 2.70. The molecule has 1 atom stereocenters. The minimum Gasteiger partial charge on any atom is -0.497 e. The smallest absolute Gasteiger partial charge is 0.122 e. The van der Waals surface area contributed by atoms with Crippen molar-refractivity contribution < 1.29 is 19.3 Å². The van der Waals surface area contributed by atoms with Crippen LogP contribution in [0.5, 0.6) is 17.2 Å². The lowest BCUT2D eigenvalue weighted by Crippen LogP contribution is -2.36. The molecule has 5 heteroatoms. The van der Waals surface area contributed by atoms with Crippen LogP contribution in [0.2, 0.25) is 0 Å². The molecule has 2 aromatic rings. The quantitative estimate of drug-likeness (QED) is 0.597. The summed E-state index contributed by atoms with van der Waals surface area (Å²) in [4.78, 5) is 2.26. The van der Waals surface area contributed by atoms with Gasteiger partial charge in [0.05, 0.1) is 14.2 Å². The predicted molar refractivity (Wildman–Crippen MR) is 112 cm³/mol. The van der Waals surface area contributed by atoms with Crippen LogP contribution in [0.15, 0.2) is 48.5 Å². The van der Waals surface area contributed by atoms with Gasteiger partial charge in [-0.05, 0) is 48.7 Å². The van der Waals surface area contributed by atoms with Crippen molar-refractivity contribution in [1.82, 2.24) is 4.90 Å². The lowest BCUT2D eigenvalue weighted by Gasteiger charge is -2.26. The Morgan fingerprint density at radius 2 is 1.57 bits per heavy atom. The summed E-state index contributed by atoms with van der Waals surface area (Å²) in [6, 6.07) is 15.5. The second kappa shape index (κ2) is 11.6. The van der Waals surface area contributed by atoms with E-state index in [2.05, 4.69) is 18.7 Å². The summed E-state index contributed by atoms with van der Waals surface area (Å²) in [5.74, 6) is 2.91. The van der Waals surface area contributed by atoms with Crippen LogP contribution < -0.4 is 14.2 Å². The van der Waals surface area contributed by atoms with Gasteiger partial charge in [-0.3, -0.25) is 4.90 Å². The van der Waals surface area contributed by atoms with E-state index >= 15 is 0 Å². The summed E-state index contributed by atoms with van der Waals surface area (Å²) in [6.07, 6.45) is 0.493. The molecule has 2 aromatic carbocycles. The van der Waals surface area contributed by atoms with Crippen LogP contribution >= 0.6 is 0 Å². The minimum atomic E-state index is -0.570. The fourth-order valence-electron chi connectivity index (χ4n) is 2.95. The predicted octanol–water partition coefficient (Wildman–Crippen LogP) is 3.99. The third-order valence-electron chi connectivity index (χ3n) is 4.49. The van der Waals surface area contributed by atoms with Crippen LogP contribution in [0.4, 0.5) is 0 Å². The highest BCUT2D eigenvalue weighted by atomic mass is 16.5. The number of ether oxygens (including phenoxy) is 3. The van der Waals surface area contributed by atoms with E-state index in [4.69, 9.17) is 14.2 Å². The Hall–Kier alpha value is -2.24. The molecule has 0 aromatic heterocycles. The first-order valence-corrected chi connectivity index (χ1v) is 9.80.